The summed E-state index contributed by atoms with van der Waals surface area (Å²) in [5.41, 5.74) is 1.65. The minimum absolute atomic E-state index is 0.0996. The highest BCUT2D eigenvalue weighted by atomic mass is 127. The molecule has 3 aromatic rings. The van der Waals surface area contributed by atoms with Crippen molar-refractivity contribution in [2.75, 3.05) is 0 Å². The largest absolute Gasteiger partial charge is 0.506 e. The molecule has 3 rings (SSSR count). The zero-order chi connectivity index (χ0) is 22.2. The normalized spacial score (nSPS) is 11.5. The second-order valence-electron chi connectivity index (χ2n) is 6.67. The van der Waals surface area contributed by atoms with Crippen LogP contribution in [-0.4, -0.2) is 23.1 Å². The molecule has 0 radical (unpaired) electrons. The molecule has 7 nitrogen and oxygen atoms in total. The first-order valence-corrected chi connectivity index (χ1v) is 11.5. The molecule has 1 aromatic heterocycles. The summed E-state index contributed by atoms with van der Waals surface area (Å²) in [4.78, 5) is 25.2. The van der Waals surface area contributed by atoms with Crippen molar-refractivity contribution in [3.05, 3.63) is 84.9 Å². The van der Waals surface area contributed by atoms with Gasteiger partial charge in [0.15, 0.2) is 0 Å². The Labute approximate surface area is 206 Å². The van der Waals surface area contributed by atoms with Crippen LogP contribution in [0.5, 0.6) is 5.75 Å². The maximum absolute atomic E-state index is 12.8. The minimum Gasteiger partial charge on any atom is -0.506 e. The van der Waals surface area contributed by atoms with E-state index in [2.05, 4.69) is 10.6 Å². The Kier molecular flexibility index (Phi) is 8.58. The molecule has 0 unspecified atom stereocenters. The topological polar surface area (TPSA) is 101 Å². The van der Waals surface area contributed by atoms with Gasteiger partial charge in [0.2, 0.25) is 5.91 Å². The number of carbonyl (C=O) groups is 2. The Hall–Kier alpha value is -2.28. The number of aromatic hydroxyl groups is 1. The lowest BCUT2D eigenvalue weighted by atomic mass is 10.1. The van der Waals surface area contributed by atoms with E-state index < -0.39 is 12.1 Å². The zero-order valence-corrected chi connectivity index (χ0v) is 20.6. The number of alkyl carbamates (subject to hydrolysis) is 1. The molecule has 31 heavy (non-hydrogen) atoms. The third-order valence-corrected chi connectivity index (χ3v) is 6.00. The van der Waals surface area contributed by atoms with Gasteiger partial charge < -0.3 is 24.9 Å². The molecular formula is C22H20I2N2O5. The molecule has 162 valence electrons. The van der Waals surface area contributed by atoms with Crippen LogP contribution in [0.25, 0.3) is 0 Å². The average Bonchev–Trinajstić information content (AvgIpc) is 3.28. The maximum Gasteiger partial charge on any atom is 0.408 e. The molecule has 2 amide bonds. The second-order valence-corrected chi connectivity index (χ2v) is 8.99. The molecule has 0 spiro atoms. The van der Waals surface area contributed by atoms with E-state index in [1.807, 2.05) is 75.5 Å². The van der Waals surface area contributed by atoms with E-state index in [0.717, 1.165) is 11.1 Å². The van der Waals surface area contributed by atoms with E-state index in [0.29, 0.717) is 12.9 Å². The molecule has 0 fully saturated rings. The molecule has 1 atom stereocenters. The number of halogens is 2. The highest BCUT2D eigenvalue weighted by Gasteiger charge is 2.23. The number of furan rings is 1. The molecule has 9 heteroatoms. The van der Waals surface area contributed by atoms with Gasteiger partial charge in [-0.05, 0) is 80.6 Å². The zero-order valence-electron chi connectivity index (χ0n) is 16.3. The summed E-state index contributed by atoms with van der Waals surface area (Å²) < 4.78 is 11.8. The van der Waals surface area contributed by atoms with E-state index in [-0.39, 0.29) is 31.2 Å². The summed E-state index contributed by atoms with van der Waals surface area (Å²) in [6.45, 7) is 0.302. The molecule has 0 saturated carbocycles. The fourth-order valence-electron chi connectivity index (χ4n) is 2.80. The SMILES string of the molecule is O=C(N[C@H](Cc1cc(I)c(O)c(I)c1)C(=O)NCc1ccco1)OCc1ccccc1. The van der Waals surface area contributed by atoms with Crippen LogP contribution in [-0.2, 0) is 29.1 Å². The first-order valence-electron chi connectivity index (χ1n) is 9.36. The van der Waals surface area contributed by atoms with Crippen LogP contribution in [0.4, 0.5) is 4.79 Å². The Morgan fingerprint density at radius 1 is 1.03 bits per heavy atom. The van der Waals surface area contributed by atoms with E-state index in [1.165, 1.54) is 6.26 Å². The monoisotopic (exact) mass is 646 g/mol. The highest BCUT2D eigenvalue weighted by Crippen LogP contribution is 2.27. The predicted molar refractivity (Wildman–Crippen MR) is 131 cm³/mol. The quantitative estimate of drug-likeness (QED) is 0.317. The van der Waals surface area contributed by atoms with Crippen LogP contribution >= 0.6 is 45.2 Å². The van der Waals surface area contributed by atoms with Gasteiger partial charge in [-0.25, -0.2) is 4.79 Å². The lowest BCUT2D eigenvalue weighted by Gasteiger charge is -2.19. The average molecular weight is 646 g/mol. The maximum atomic E-state index is 12.8. The van der Waals surface area contributed by atoms with E-state index in [4.69, 9.17) is 9.15 Å². The van der Waals surface area contributed by atoms with E-state index in [1.54, 1.807) is 24.3 Å². The number of carbonyl (C=O) groups excluding carboxylic acids is 2. The Balaban J connectivity index is 1.68. The van der Waals surface area contributed by atoms with Gasteiger partial charge in [0.1, 0.15) is 24.2 Å². The number of ether oxygens (including phenoxy) is 1. The van der Waals surface area contributed by atoms with Gasteiger partial charge in [-0.2, -0.15) is 0 Å². The van der Waals surface area contributed by atoms with Gasteiger partial charge in [-0.15, -0.1) is 0 Å². The van der Waals surface area contributed by atoms with Crippen LogP contribution in [0.2, 0.25) is 0 Å². The van der Waals surface area contributed by atoms with Crippen LogP contribution < -0.4 is 10.6 Å². The number of hydrogen-bond acceptors (Lipinski definition) is 5. The van der Waals surface area contributed by atoms with Crippen LogP contribution in [0.15, 0.2) is 65.3 Å². The van der Waals surface area contributed by atoms with Gasteiger partial charge in [-0.1, -0.05) is 30.3 Å². The minimum atomic E-state index is -0.866. The van der Waals surface area contributed by atoms with Crippen molar-refractivity contribution in [1.82, 2.24) is 10.6 Å². The number of phenols is 1. The van der Waals surface area contributed by atoms with Crippen molar-refractivity contribution in [3.63, 3.8) is 0 Å². The van der Waals surface area contributed by atoms with E-state index in [9.17, 15) is 14.7 Å². The summed E-state index contributed by atoms with van der Waals surface area (Å²) in [5, 5.41) is 15.4. The smallest absolute Gasteiger partial charge is 0.408 e. The lowest BCUT2D eigenvalue weighted by molar-refractivity contribution is -0.123. The van der Waals surface area contributed by atoms with Crippen LogP contribution in [0.1, 0.15) is 16.9 Å². The van der Waals surface area contributed by atoms with Crippen molar-refractivity contribution in [2.45, 2.75) is 25.6 Å². The van der Waals surface area contributed by atoms with Gasteiger partial charge in [0.05, 0.1) is 19.9 Å². The van der Waals surface area contributed by atoms with Crippen molar-refractivity contribution in [1.29, 1.82) is 0 Å². The van der Waals surface area contributed by atoms with Crippen molar-refractivity contribution in [2.24, 2.45) is 0 Å². The first-order chi connectivity index (χ1) is 14.9. The summed E-state index contributed by atoms with van der Waals surface area (Å²) in [7, 11) is 0. The lowest BCUT2D eigenvalue weighted by Crippen LogP contribution is -2.48. The summed E-state index contributed by atoms with van der Waals surface area (Å²) in [5.74, 6) is 0.428. The predicted octanol–water partition coefficient (Wildman–Crippen LogP) is 4.35. The van der Waals surface area contributed by atoms with Crippen LogP contribution in [0.3, 0.4) is 0 Å². The standard InChI is InChI=1S/C22H20I2N2O5/c23-17-9-15(10-18(24)20(17)27)11-19(21(28)25-12-16-7-4-8-30-16)26-22(29)31-13-14-5-2-1-3-6-14/h1-10,19,27H,11-13H2,(H,25,28)(H,26,29)/t19-/m1/s1. The summed E-state index contributed by atoms with van der Waals surface area (Å²) >= 11 is 4.06. The first kappa shape index (κ1) is 23.4. The fraction of sp³-hybridized carbons (Fsp3) is 0.182. The third-order valence-electron chi connectivity index (χ3n) is 4.35. The summed E-state index contributed by atoms with van der Waals surface area (Å²) in [6, 6.07) is 15.5. The van der Waals surface area contributed by atoms with E-state index >= 15 is 0 Å². The molecular weight excluding hydrogens is 626 g/mol. The number of rotatable bonds is 8. The molecule has 0 aliphatic heterocycles. The molecule has 0 saturated heterocycles. The summed E-state index contributed by atoms with van der Waals surface area (Å²) in [6.07, 6.45) is 1.07. The third kappa shape index (κ3) is 7.13. The fourth-order valence-corrected chi connectivity index (χ4v) is 4.70. The molecule has 3 N–H and O–H groups in total. The highest BCUT2D eigenvalue weighted by molar-refractivity contribution is 14.1. The molecule has 2 aromatic carbocycles. The number of benzene rings is 2. The molecule has 0 bridgehead atoms. The van der Waals surface area contributed by atoms with Gasteiger partial charge >= 0.3 is 6.09 Å². The van der Waals surface area contributed by atoms with Crippen molar-refractivity contribution in [3.8, 4) is 5.75 Å². The van der Waals surface area contributed by atoms with Gasteiger partial charge in [-0.3, -0.25) is 4.79 Å². The van der Waals surface area contributed by atoms with Crippen molar-refractivity contribution < 1.29 is 23.8 Å². The number of nitrogens with one attached hydrogen (secondary N) is 2. The second kappa shape index (κ2) is 11.4. The number of hydrogen-bond donors (Lipinski definition) is 3. The van der Waals surface area contributed by atoms with Crippen molar-refractivity contribution >= 4 is 57.2 Å². The Morgan fingerprint density at radius 3 is 2.39 bits per heavy atom. The molecule has 0 aliphatic rings. The van der Waals surface area contributed by atoms with Crippen LogP contribution in [0, 0.1) is 7.14 Å². The Bertz CT molecular complexity index is 1000. The molecule has 0 aliphatic carbocycles. The Morgan fingerprint density at radius 2 is 1.74 bits per heavy atom. The van der Waals surface area contributed by atoms with Gasteiger partial charge in [0.25, 0.3) is 0 Å². The number of phenolic OH excluding ortho intramolecular Hbond substituents is 1. The molecule has 1 heterocycles. The van der Waals surface area contributed by atoms with Gasteiger partial charge in [0, 0.05) is 6.42 Å². The number of amides is 2.